The molecule has 1 atom stereocenters. The Labute approximate surface area is 127 Å². The summed E-state index contributed by atoms with van der Waals surface area (Å²) >= 11 is 0. The fraction of sp³-hybridized carbons (Fsp3) is 0.588. The molecule has 0 aliphatic carbocycles. The maximum Gasteiger partial charge on any atom is 0.225 e. The molecule has 1 aliphatic rings. The van der Waals surface area contributed by atoms with Crippen LogP contribution in [0.3, 0.4) is 0 Å². The van der Waals surface area contributed by atoms with E-state index in [9.17, 15) is 4.79 Å². The van der Waals surface area contributed by atoms with Gasteiger partial charge in [0.15, 0.2) is 0 Å². The van der Waals surface area contributed by atoms with Gasteiger partial charge in [-0.25, -0.2) is 0 Å². The maximum absolute atomic E-state index is 11.8. The van der Waals surface area contributed by atoms with E-state index in [2.05, 4.69) is 34.5 Å². The second-order valence-corrected chi connectivity index (χ2v) is 6.57. The second-order valence-electron chi connectivity index (χ2n) is 6.57. The number of nitrogens with zero attached hydrogens (tertiary/aromatic N) is 1. The zero-order chi connectivity index (χ0) is 15.3. The van der Waals surface area contributed by atoms with E-state index in [-0.39, 0.29) is 17.4 Å². The standard InChI is InChI=1S/C17H26N2O2/c1-17(2,3)16(20)18-10-9-15-13-19(11-12-21-15)14-7-5-4-6-8-14/h4-8,15H,9-13H2,1-3H3,(H,18,20). The Morgan fingerprint density at radius 1 is 1.33 bits per heavy atom. The summed E-state index contributed by atoms with van der Waals surface area (Å²) in [7, 11) is 0. The first kappa shape index (κ1) is 15.8. The van der Waals surface area contributed by atoms with Crippen LogP contribution in [0.2, 0.25) is 0 Å². The van der Waals surface area contributed by atoms with Crippen LogP contribution in [0.25, 0.3) is 0 Å². The smallest absolute Gasteiger partial charge is 0.225 e. The number of morpholine rings is 1. The number of anilines is 1. The third kappa shape index (κ3) is 4.74. The largest absolute Gasteiger partial charge is 0.374 e. The van der Waals surface area contributed by atoms with Gasteiger partial charge in [-0.1, -0.05) is 39.0 Å². The Hall–Kier alpha value is -1.55. The molecule has 1 aliphatic heterocycles. The minimum absolute atomic E-state index is 0.0956. The van der Waals surface area contributed by atoms with Crippen molar-refractivity contribution in [3.8, 4) is 0 Å². The van der Waals surface area contributed by atoms with Gasteiger partial charge in [0.1, 0.15) is 0 Å². The van der Waals surface area contributed by atoms with E-state index in [0.29, 0.717) is 6.54 Å². The lowest BCUT2D eigenvalue weighted by Crippen LogP contribution is -2.44. The van der Waals surface area contributed by atoms with Crippen LogP contribution in [0, 0.1) is 5.41 Å². The summed E-state index contributed by atoms with van der Waals surface area (Å²) in [6.45, 7) is 9.00. The number of hydrogen-bond acceptors (Lipinski definition) is 3. The molecule has 21 heavy (non-hydrogen) atoms. The van der Waals surface area contributed by atoms with E-state index in [1.165, 1.54) is 5.69 Å². The molecular weight excluding hydrogens is 264 g/mol. The molecule has 2 rings (SSSR count). The molecule has 0 saturated carbocycles. The van der Waals surface area contributed by atoms with Crippen molar-refractivity contribution in [3.05, 3.63) is 30.3 Å². The number of amides is 1. The molecular formula is C17H26N2O2. The van der Waals surface area contributed by atoms with Gasteiger partial charge in [0.25, 0.3) is 0 Å². The number of benzene rings is 1. The van der Waals surface area contributed by atoms with E-state index >= 15 is 0 Å². The van der Waals surface area contributed by atoms with E-state index in [1.807, 2.05) is 26.8 Å². The SMILES string of the molecule is CC(C)(C)C(=O)NCCC1CN(c2ccccc2)CCO1. The number of rotatable bonds is 4. The van der Waals surface area contributed by atoms with Crippen molar-refractivity contribution in [3.63, 3.8) is 0 Å². The summed E-state index contributed by atoms with van der Waals surface area (Å²) in [5.41, 5.74) is 0.910. The summed E-state index contributed by atoms with van der Waals surface area (Å²) < 4.78 is 5.80. The van der Waals surface area contributed by atoms with Crippen molar-refractivity contribution in [2.45, 2.75) is 33.3 Å². The fourth-order valence-corrected chi connectivity index (χ4v) is 2.38. The first-order valence-corrected chi connectivity index (χ1v) is 7.67. The average Bonchev–Trinajstić information content (AvgIpc) is 2.47. The van der Waals surface area contributed by atoms with Crippen LogP contribution in [0.5, 0.6) is 0 Å². The fourth-order valence-electron chi connectivity index (χ4n) is 2.38. The zero-order valence-corrected chi connectivity index (χ0v) is 13.3. The van der Waals surface area contributed by atoms with Gasteiger partial charge >= 0.3 is 0 Å². The van der Waals surface area contributed by atoms with Crippen molar-refractivity contribution in [2.75, 3.05) is 31.1 Å². The van der Waals surface area contributed by atoms with Gasteiger partial charge in [0.2, 0.25) is 5.91 Å². The summed E-state index contributed by atoms with van der Waals surface area (Å²) in [6.07, 6.45) is 1.03. The molecule has 0 bridgehead atoms. The third-order valence-corrected chi connectivity index (χ3v) is 3.69. The average molecular weight is 290 g/mol. The molecule has 4 nitrogen and oxygen atoms in total. The van der Waals surface area contributed by atoms with Gasteiger partial charge < -0.3 is 15.0 Å². The van der Waals surface area contributed by atoms with Crippen LogP contribution in [0.15, 0.2) is 30.3 Å². The lowest BCUT2D eigenvalue weighted by Gasteiger charge is -2.34. The summed E-state index contributed by atoms with van der Waals surface area (Å²) in [4.78, 5) is 14.2. The van der Waals surface area contributed by atoms with Crippen molar-refractivity contribution in [1.29, 1.82) is 0 Å². The molecule has 1 aromatic carbocycles. The third-order valence-electron chi connectivity index (χ3n) is 3.69. The van der Waals surface area contributed by atoms with Crippen molar-refractivity contribution in [2.24, 2.45) is 5.41 Å². The maximum atomic E-state index is 11.8. The molecule has 1 fully saturated rings. The quantitative estimate of drug-likeness (QED) is 0.926. The number of ether oxygens (including phenoxy) is 1. The van der Waals surface area contributed by atoms with Gasteiger partial charge in [0, 0.05) is 30.7 Å². The van der Waals surface area contributed by atoms with Crippen LogP contribution in [-0.2, 0) is 9.53 Å². The van der Waals surface area contributed by atoms with Crippen LogP contribution >= 0.6 is 0 Å². The summed E-state index contributed by atoms with van der Waals surface area (Å²) in [6, 6.07) is 10.4. The number of nitrogens with one attached hydrogen (secondary N) is 1. The first-order valence-electron chi connectivity index (χ1n) is 7.67. The Balaban J connectivity index is 1.78. The van der Waals surface area contributed by atoms with E-state index < -0.39 is 0 Å². The van der Waals surface area contributed by atoms with Crippen LogP contribution < -0.4 is 10.2 Å². The molecule has 1 heterocycles. The van der Waals surface area contributed by atoms with Gasteiger partial charge in [-0.3, -0.25) is 4.79 Å². The van der Waals surface area contributed by atoms with Gasteiger partial charge in [-0.15, -0.1) is 0 Å². The molecule has 4 heteroatoms. The summed E-state index contributed by atoms with van der Waals surface area (Å²) in [5.74, 6) is 0.0956. The predicted molar refractivity (Wildman–Crippen MR) is 85.5 cm³/mol. The highest BCUT2D eigenvalue weighted by Crippen LogP contribution is 2.18. The molecule has 1 N–H and O–H groups in total. The molecule has 0 spiro atoms. The number of para-hydroxylation sites is 1. The zero-order valence-electron chi connectivity index (χ0n) is 13.3. The molecule has 0 aromatic heterocycles. The molecule has 1 unspecified atom stereocenters. The minimum atomic E-state index is -0.330. The second kappa shape index (κ2) is 6.94. The predicted octanol–water partition coefficient (Wildman–Crippen LogP) is 2.44. The van der Waals surface area contributed by atoms with Crippen LogP contribution in [0.4, 0.5) is 5.69 Å². The molecule has 116 valence electrons. The van der Waals surface area contributed by atoms with Gasteiger partial charge in [-0.2, -0.15) is 0 Å². The molecule has 1 saturated heterocycles. The highest BCUT2D eigenvalue weighted by molar-refractivity contribution is 5.81. The Morgan fingerprint density at radius 2 is 2.05 bits per heavy atom. The molecule has 0 radical (unpaired) electrons. The Morgan fingerprint density at radius 3 is 2.71 bits per heavy atom. The topological polar surface area (TPSA) is 41.6 Å². The number of carbonyl (C=O) groups is 1. The van der Waals surface area contributed by atoms with E-state index in [4.69, 9.17) is 4.74 Å². The van der Waals surface area contributed by atoms with Gasteiger partial charge in [-0.05, 0) is 18.6 Å². The monoisotopic (exact) mass is 290 g/mol. The molecule has 1 aromatic rings. The lowest BCUT2D eigenvalue weighted by molar-refractivity contribution is -0.128. The Bertz CT molecular complexity index is 454. The number of hydrogen-bond donors (Lipinski definition) is 1. The normalized spacial score (nSPS) is 19.4. The number of carbonyl (C=O) groups excluding carboxylic acids is 1. The van der Waals surface area contributed by atoms with Crippen molar-refractivity contribution >= 4 is 11.6 Å². The lowest BCUT2D eigenvalue weighted by atomic mass is 9.95. The van der Waals surface area contributed by atoms with E-state index in [1.54, 1.807) is 0 Å². The first-order chi connectivity index (χ1) is 9.97. The highest BCUT2D eigenvalue weighted by Gasteiger charge is 2.23. The van der Waals surface area contributed by atoms with Crippen molar-refractivity contribution < 1.29 is 9.53 Å². The van der Waals surface area contributed by atoms with Crippen LogP contribution in [0.1, 0.15) is 27.2 Å². The van der Waals surface area contributed by atoms with Gasteiger partial charge in [0.05, 0.1) is 12.7 Å². The minimum Gasteiger partial charge on any atom is -0.374 e. The van der Waals surface area contributed by atoms with Crippen molar-refractivity contribution in [1.82, 2.24) is 5.32 Å². The highest BCUT2D eigenvalue weighted by atomic mass is 16.5. The molecule has 1 amide bonds. The Kier molecular flexibility index (Phi) is 5.23. The summed E-state index contributed by atoms with van der Waals surface area (Å²) in [5, 5.41) is 2.99. The van der Waals surface area contributed by atoms with Crippen LogP contribution in [-0.4, -0.2) is 38.3 Å². The van der Waals surface area contributed by atoms with E-state index in [0.717, 1.165) is 26.1 Å².